The lowest BCUT2D eigenvalue weighted by atomic mass is 10.0. The minimum absolute atomic E-state index is 0.0613. The molecule has 3 aromatic rings. The number of hydrogen-bond donors (Lipinski definition) is 1. The van der Waals surface area contributed by atoms with E-state index in [2.05, 4.69) is 29.3 Å². The highest BCUT2D eigenvalue weighted by Crippen LogP contribution is 2.37. The predicted molar refractivity (Wildman–Crippen MR) is 121 cm³/mol. The fourth-order valence-corrected chi connectivity index (χ4v) is 4.26. The van der Waals surface area contributed by atoms with Gasteiger partial charge in [0.2, 0.25) is 0 Å². The first-order chi connectivity index (χ1) is 14.7. The zero-order valence-corrected chi connectivity index (χ0v) is 17.7. The van der Waals surface area contributed by atoms with Crippen LogP contribution in [0.2, 0.25) is 0 Å². The lowest BCUT2D eigenvalue weighted by Crippen LogP contribution is -2.32. The number of aromatic nitrogens is 1. The number of nitrogens with one attached hydrogen (secondary N) is 1. The van der Waals surface area contributed by atoms with E-state index >= 15 is 0 Å². The molecule has 0 spiro atoms. The number of carbonyl (C=O) groups is 1. The van der Waals surface area contributed by atoms with Crippen molar-refractivity contribution in [2.24, 2.45) is 0 Å². The van der Waals surface area contributed by atoms with Crippen LogP contribution >= 0.6 is 0 Å². The molecule has 0 bridgehead atoms. The van der Waals surface area contributed by atoms with Gasteiger partial charge in [-0.1, -0.05) is 55.5 Å². The van der Waals surface area contributed by atoms with Crippen molar-refractivity contribution in [3.8, 4) is 5.75 Å². The molecule has 1 amide bonds. The number of fused-ring (bicyclic) bond motifs is 1. The highest BCUT2D eigenvalue weighted by atomic mass is 16.5. The van der Waals surface area contributed by atoms with E-state index in [1.54, 1.807) is 7.11 Å². The average Bonchev–Trinajstić information content (AvgIpc) is 2.82. The van der Waals surface area contributed by atoms with Crippen molar-refractivity contribution in [1.82, 2.24) is 10.3 Å². The number of benzene rings is 2. The van der Waals surface area contributed by atoms with E-state index in [1.165, 1.54) is 6.42 Å². The van der Waals surface area contributed by atoms with Gasteiger partial charge in [-0.2, -0.15) is 0 Å². The van der Waals surface area contributed by atoms with E-state index in [9.17, 15) is 4.79 Å². The molecule has 1 saturated heterocycles. The van der Waals surface area contributed by atoms with Crippen molar-refractivity contribution in [1.29, 1.82) is 0 Å². The van der Waals surface area contributed by atoms with Crippen molar-refractivity contribution in [2.75, 3.05) is 25.1 Å². The number of ether oxygens (including phenoxy) is 1. The monoisotopic (exact) mass is 403 g/mol. The molecule has 1 atom stereocenters. The predicted octanol–water partition coefficient (Wildman–Crippen LogP) is 5.11. The van der Waals surface area contributed by atoms with Crippen LogP contribution in [0.15, 0.2) is 54.6 Å². The van der Waals surface area contributed by atoms with Gasteiger partial charge in [0, 0.05) is 18.5 Å². The fraction of sp³-hybridized carbons (Fsp3) is 0.360. The molecule has 5 heteroatoms. The van der Waals surface area contributed by atoms with Crippen LogP contribution in [0.3, 0.4) is 0 Å². The van der Waals surface area contributed by atoms with Crippen LogP contribution in [0.5, 0.6) is 5.75 Å². The molecule has 156 valence electrons. The molecule has 5 nitrogen and oxygen atoms in total. The standard InChI is InChI=1S/C25H29N3O2/c1-3-20(18-12-6-4-7-13-18)27-25(29)22-19-14-8-9-15-21(19)26-24(23(22)30-2)28-16-10-5-11-17-28/h4,6-9,12-15,20H,3,5,10-11,16-17H2,1-2H3,(H,27,29). The maximum Gasteiger partial charge on any atom is 0.256 e. The molecule has 0 saturated carbocycles. The van der Waals surface area contributed by atoms with Gasteiger partial charge in [0.1, 0.15) is 0 Å². The molecule has 4 rings (SSSR count). The normalized spacial score (nSPS) is 15.1. The molecule has 1 aliphatic heterocycles. The van der Waals surface area contributed by atoms with Gasteiger partial charge in [0.25, 0.3) is 5.91 Å². The number of methoxy groups -OCH3 is 1. The number of piperidine rings is 1. The van der Waals surface area contributed by atoms with Crippen molar-refractivity contribution in [3.05, 3.63) is 65.7 Å². The maximum absolute atomic E-state index is 13.6. The largest absolute Gasteiger partial charge is 0.492 e. The number of pyridine rings is 1. The third kappa shape index (κ3) is 3.97. The van der Waals surface area contributed by atoms with E-state index in [-0.39, 0.29) is 11.9 Å². The molecule has 1 N–H and O–H groups in total. The Kier molecular flexibility index (Phi) is 6.17. The molecule has 1 unspecified atom stereocenters. The van der Waals surface area contributed by atoms with Crippen molar-refractivity contribution >= 4 is 22.6 Å². The molecule has 1 aliphatic rings. The second-order valence-corrected chi connectivity index (χ2v) is 7.75. The molecule has 2 aromatic carbocycles. The zero-order valence-electron chi connectivity index (χ0n) is 17.7. The summed E-state index contributed by atoms with van der Waals surface area (Å²) in [6.45, 7) is 3.95. The van der Waals surface area contributed by atoms with Gasteiger partial charge in [-0.3, -0.25) is 4.79 Å². The molecule has 1 fully saturated rings. The average molecular weight is 404 g/mol. The third-order valence-corrected chi connectivity index (χ3v) is 5.83. The van der Waals surface area contributed by atoms with Crippen LogP contribution < -0.4 is 15.0 Å². The minimum atomic E-state index is -0.126. The SMILES string of the molecule is CCC(NC(=O)c1c(OC)c(N2CCCCC2)nc2ccccc12)c1ccccc1. The quantitative estimate of drug-likeness (QED) is 0.621. The summed E-state index contributed by atoms with van der Waals surface area (Å²) in [5.41, 5.74) is 2.48. The Hall–Kier alpha value is -3.08. The summed E-state index contributed by atoms with van der Waals surface area (Å²) >= 11 is 0. The van der Waals surface area contributed by atoms with Gasteiger partial charge in [0.05, 0.1) is 24.2 Å². The Bertz CT molecular complexity index is 1010. The maximum atomic E-state index is 13.6. The number of carbonyl (C=O) groups excluding carboxylic acids is 1. The molecular formula is C25H29N3O2. The van der Waals surface area contributed by atoms with Crippen LogP contribution in [0.25, 0.3) is 10.9 Å². The summed E-state index contributed by atoms with van der Waals surface area (Å²) in [5.74, 6) is 1.21. The van der Waals surface area contributed by atoms with E-state index in [1.807, 2.05) is 42.5 Å². The van der Waals surface area contributed by atoms with Crippen molar-refractivity contribution in [2.45, 2.75) is 38.6 Å². The lowest BCUT2D eigenvalue weighted by Gasteiger charge is -2.30. The highest BCUT2D eigenvalue weighted by molar-refractivity contribution is 6.10. The van der Waals surface area contributed by atoms with Crippen LogP contribution in [0.1, 0.15) is 54.6 Å². The number of hydrogen-bond acceptors (Lipinski definition) is 4. The summed E-state index contributed by atoms with van der Waals surface area (Å²) in [4.78, 5) is 20.7. The number of nitrogens with zero attached hydrogens (tertiary/aromatic N) is 2. The smallest absolute Gasteiger partial charge is 0.256 e. The number of para-hydroxylation sites is 1. The number of anilines is 1. The highest BCUT2D eigenvalue weighted by Gasteiger charge is 2.26. The van der Waals surface area contributed by atoms with Crippen LogP contribution in [-0.4, -0.2) is 31.1 Å². The van der Waals surface area contributed by atoms with Crippen LogP contribution in [-0.2, 0) is 0 Å². The first kappa shape index (κ1) is 20.2. The molecule has 2 heterocycles. The first-order valence-corrected chi connectivity index (χ1v) is 10.8. The topological polar surface area (TPSA) is 54.5 Å². The Morgan fingerprint density at radius 2 is 1.77 bits per heavy atom. The minimum Gasteiger partial charge on any atom is -0.492 e. The van der Waals surface area contributed by atoms with E-state index in [4.69, 9.17) is 9.72 Å². The Morgan fingerprint density at radius 3 is 2.47 bits per heavy atom. The summed E-state index contributed by atoms with van der Waals surface area (Å²) in [5, 5.41) is 4.05. The second-order valence-electron chi connectivity index (χ2n) is 7.75. The Balaban J connectivity index is 1.78. The van der Waals surface area contributed by atoms with E-state index in [0.717, 1.165) is 54.6 Å². The van der Waals surface area contributed by atoms with Crippen molar-refractivity contribution in [3.63, 3.8) is 0 Å². The summed E-state index contributed by atoms with van der Waals surface area (Å²) in [6.07, 6.45) is 4.30. The third-order valence-electron chi connectivity index (χ3n) is 5.83. The van der Waals surface area contributed by atoms with E-state index in [0.29, 0.717) is 11.3 Å². The van der Waals surface area contributed by atoms with Gasteiger partial charge in [-0.05, 0) is 37.3 Å². The molecular weight excluding hydrogens is 374 g/mol. The molecule has 0 radical (unpaired) electrons. The van der Waals surface area contributed by atoms with Gasteiger partial charge < -0.3 is 15.0 Å². The molecule has 30 heavy (non-hydrogen) atoms. The molecule has 1 aromatic heterocycles. The number of amides is 1. The van der Waals surface area contributed by atoms with Gasteiger partial charge >= 0.3 is 0 Å². The van der Waals surface area contributed by atoms with Gasteiger partial charge in [-0.25, -0.2) is 4.98 Å². The van der Waals surface area contributed by atoms with Gasteiger partial charge in [-0.15, -0.1) is 0 Å². The summed E-state index contributed by atoms with van der Waals surface area (Å²) in [7, 11) is 1.63. The van der Waals surface area contributed by atoms with Crippen LogP contribution in [0, 0.1) is 0 Å². The van der Waals surface area contributed by atoms with Crippen LogP contribution in [0.4, 0.5) is 5.82 Å². The van der Waals surface area contributed by atoms with Gasteiger partial charge in [0.15, 0.2) is 11.6 Å². The van der Waals surface area contributed by atoms with E-state index < -0.39 is 0 Å². The fourth-order valence-electron chi connectivity index (χ4n) is 4.26. The first-order valence-electron chi connectivity index (χ1n) is 10.8. The number of rotatable bonds is 6. The molecule has 0 aliphatic carbocycles. The zero-order chi connectivity index (χ0) is 20.9. The second kappa shape index (κ2) is 9.16. The van der Waals surface area contributed by atoms with Crippen molar-refractivity contribution < 1.29 is 9.53 Å². The summed E-state index contributed by atoms with van der Waals surface area (Å²) in [6, 6.07) is 17.8. The lowest BCUT2D eigenvalue weighted by molar-refractivity contribution is 0.0934. The Labute approximate surface area is 178 Å². The summed E-state index contributed by atoms with van der Waals surface area (Å²) < 4.78 is 5.81. The Morgan fingerprint density at radius 1 is 1.07 bits per heavy atom.